The molecule has 0 atom stereocenters. The van der Waals surface area contributed by atoms with Gasteiger partial charge in [0.05, 0.1) is 24.0 Å². The third-order valence-electron chi connectivity index (χ3n) is 5.78. The third-order valence-corrected chi connectivity index (χ3v) is 5.78. The lowest BCUT2D eigenvalue weighted by atomic mass is 9.97. The number of nitrogens with one attached hydrogen (secondary N) is 1. The molecule has 0 aliphatic heterocycles. The van der Waals surface area contributed by atoms with Gasteiger partial charge in [-0.15, -0.1) is 0 Å². The van der Waals surface area contributed by atoms with Crippen molar-refractivity contribution in [3.05, 3.63) is 59.7 Å². The molecule has 5 heteroatoms. The first-order chi connectivity index (χ1) is 14.6. The molecule has 0 amide bonds. The summed E-state index contributed by atoms with van der Waals surface area (Å²) in [4.78, 5) is 16.6. The van der Waals surface area contributed by atoms with Crippen molar-refractivity contribution in [2.24, 2.45) is 4.99 Å². The smallest absolute Gasteiger partial charge is 0.329 e. The Morgan fingerprint density at radius 2 is 1.87 bits per heavy atom. The summed E-state index contributed by atoms with van der Waals surface area (Å²) in [5, 5.41) is 22.4. The predicted octanol–water partition coefficient (Wildman–Crippen LogP) is 5.30. The number of nitriles is 1. The summed E-state index contributed by atoms with van der Waals surface area (Å²) in [5.41, 5.74) is 2.77. The zero-order valence-electron chi connectivity index (χ0n) is 17.5. The van der Waals surface area contributed by atoms with Crippen LogP contribution in [0.4, 0.5) is 0 Å². The zero-order valence-corrected chi connectivity index (χ0v) is 17.5. The van der Waals surface area contributed by atoms with Gasteiger partial charge in [0.1, 0.15) is 5.54 Å². The number of aliphatic carboxylic acids is 1. The number of rotatable bonds is 8. The van der Waals surface area contributed by atoms with Crippen LogP contribution in [0.3, 0.4) is 0 Å². The number of nitrogens with zero attached hydrogens (tertiary/aromatic N) is 2. The Labute approximate surface area is 178 Å². The summed E-state index contributed by atoms with van der Waals surface area (Å²) < 4.78 is 0. The standard InChI is InChI=1S/C25H29N3O2/c1-2-3-10-23(28-25(24(29)30)15-6-7-16-25)27-18-19-11-13-20(14-12-19)22-9-5-4-8-21(22)17-26/h4-5,8-9,11-14H,2-3,6-7,10,15-16,18H2,1H3,(H,27,28)(H,29,30). The SMILES string of the molecule is CCCCC(=NCc1ccc(-c2ccccc2C#N)cc1)NC1(C(=O)O)CCCC1. The van der Waals surface area contributed by atoms with Crippen LogP contribution in [-0.4, -0.2) is 22.5 Å². The Bertz CT molecular complexity index is 936. The van der Waals surface area contributed by atoms with Crippen LogP contribution in [-0.2, 0) is 11.3 Å². The van der Waals surface area contributed by atoms with Crippen LogP contribution in [0.25, 0.3) is 11.1 Å². The first kappa shape index (κ1) is 21.6. The molecule has 0 spiro atoms. The van der Waals surface area contributed by atoms with Crippen molar-refractivity contribution < 1.29 is 9.90 Å². The second kappa shape index (κ2) is 10.1. The summed E-state index contributed by atoms with van der Waals surface area (Å²) in [6.45, 7) is 2.62. The van der Waals surface area contributed by atoms with Crippen molar-refractivity contribution >= 4 is 11.8 Å². The minimum Gasteiger partial charge on any atom is -0.480 e. The molecule has 0 heterocycles. The molecule has 0 aromatic heterocycles. The molecular formula is C25H29N3O2. The molecule has 1 fully saturated rings. The number of hydrogen-bond acceptors (Lipinski definition) is 3. The van der Waals surface area contributed by atoms with Gasteiger partial charge in [-0.3, -0.25) is 4.99 Å². The summed E-state index contributed by atoms with van der Waals surface area (Å²) in [7, 11) is 0. The molecule has 0 bridgehead atoms. The average molecular weight is 404 g/mol. The first-order valence-electron chi connectivity index (χ1n) is 10.7. The molecule has 1 saturated carbocycles. The third kappa shape index (κ3) is 5.07. The monoisotopic (exact) mass is 403 g/mol. The predicted molar refractivity (Wildman–Crippen MR) is 119 cm³/mol. The van der Waals surface area contributed by atoms with E-state index in [1.165, 1.54) is 0 Å². The van der Waals surface area contributed by atoms with Gasteiger partial charge >= 0.3 is 5.97 Å². The molecule has 2 aromatic rings. The Hall–Kier alpha value is -3.13. The molecule has 1 aliphatic carbocycles. The van der Waals surface area contributed by atoms with Gasteiger partial charge in [0.25, 0.3) is 0 Å². The van der Waals surface area contributed by atoms with E-state index in [2.05, 4.69) is 18.3 Å². The van der Waals surface area contributed by atoms with Crippen molar-refractivity contribution in [2.75, 3.05) is 0 Å². The quantitative estimate of drug-likeness (QED) is 0.462. The van der Waals surface area contributed by atoms with Gasteiger partial charge in [0.2, 0.25) is 0 Å². The Morgan fingerprint density at radius 3 is 2.50 bits per heavy atom. The second-order valence-electron chi connectivity index (χ2n) is 7.94. The van der Waals surface area contributed by atoms with Crippen LogP contribution >= 0.6 is 0 Å². The summed E-state index contributed by atoms with van der Waals surface area (Å²) in [6.07, 6.45) is 5.96. The number of carbonyl (C=O) groups is 1. The van der Waals surface area contributed by atoms with Gasteiger partial charge in [-0.1, -0.05) is 68.7 Å². The number of benzene rings is 2. The highest BCUT2D eigenvalue weighted by Crippen LogP contribution is 2.30. The highest BCUT2D eigenvalue weighted by Gasteiger charge is 2.41. The van der Waals surface area contributed by atoms with E-state index in [1.54, 1.807) is 0 Å². The Kier molecular flexibility index (Phi) is 7.24. The maximum absolute atomic E-state index is 11.9. The molecule has 0 radical (unpaired) electrons. The normalized spacial score (nSPS) is 15.5. The van der Waals surface area contributed by atoms with Crippen molar-refractivity contribution in [1.82, 2.24) is 5.32 Å². The van der Waals surface area contributed by atoms with Crippen LogP contribution in [0, 0.1) is 11.3 Å². The van der Waals surface area contributed by atoms with E-state index in [1.807, 2.05) is 48.5 Å². The van der Waals surface area contributed by atoms with Gasteiger partial charge in [-0.2, -0.15) is 5.26 Å². The summed E-state index contributed by atoms with van der Waals surface area (Å²) >= 11 is 0. The van der Waals surface area contributed by atoms with E-state index in [4.69, 9.17) is 4.99 Å². The lowest BCUT2D eigenvalue weighted by molar-refractivity contribution is -0.143. The van der Waals surface area contributed by atoms with Crippen molar-refractivity contribution in [3.8, 4) is 17.2 Å². The fraction of sp³-hybridized carbons (Fsp3) is 0.400. The molecule has 2 N–H and O–H groups in total. The minimum absolute atomic E-state index is 0.502. The van der Waals surface area contributed by atoms with Gasteiger partial charge in [0, 0.05) is 6.42 Å². The van der Waals surface area contributed by atoms with Crippen LogP contribution in [0.15, 0.2) is 53.5 Å². The fourth-order valence-electron chi connectivity index (χ4n) is 3.98. The van der Waals surface area contributed by atoms with Crippen LogP contribution in [0.2, 0.25) is 0 Å². The lowest BCUT2D eigenvalue weighted by Crippen LogP contribution is -2.52. The van der Waals surface area contributed by atoms with Gasteiger partial charge in [0.15, 0.2) is 0 Å². The minimum atomic E-state index is -0.864. The number of carboxylic acids is 1. The van der Waals surface area contributed by atoms with E-state index in [-0.39, 0.29) is 0 Å². The summed E-state index contributed by atoms with van der Waals surface area (Å²) in [6, 6.07) is 17.9. The highest BCUT2D eigenvalue weighted by molar-refractivity contribution is 5.90. The van der Waals surface area contributed by atoms with Crippen molar-refractivity contribution in [1.29, 1.82) is 5.26 Å². The van der Waals surface area contributed by atoms with E-state index in [0.717, 1.165) is 54.6 Å². The van der Waals surface area contributed by atoms with Crippen LogP contribution in [0.1, 0.15) is 63.0 Å². The number of amidine groups is 1. The average Bonchev–Trinajstić information content (AvgIpc) is 3.26. The molecule has 2 aromatic carbocycles. The maximum Gasteiger partial charge on any atom is 0.329 e. The topological polar surface area (TPSA) is 85.5 Å². The molecule has 156 valence electrons. The molecule has 1 aliphatic rings. The van der Waals surface area contributed by atoms with Gasteiger partial charge < -0.3 is 10.4 Å². The van der Waals surface area contributed by atoms with Crippen LogP contribution in [0.5, 0.6) is 0 Å². The first-order valence-corrected chi connectivity index (χ1v) is 10.7. The largest absolute Gasteiger partial charge is 0.480 e. The lowest BCUT2D eigenvalue weighted by Gasteiger charge is -2.27. The Balaban J connectivity index is 1.75. The second-order valence-corrected chi connectivity index (χ2v) is 7.94. The fourth-order valence-corrected chi connectivity index (χ4v) is 3.98. The van der Waals surface area contributed by atoms with E-state index >= 15 is 0 Å². The molecular weight excluding hydrogens is 374 g/mol. The van der Waals surface area contributed by atoms with E-state index in [0.29, 0.717) is 24.9 Å². The van der Waals surface area contributed by atoms with Crippen molar-refractivity contribution in [2.45, 2.75) is 64.0 Å². The van der Waals surface area contributed by atoms with Gasteiger partial charge in [-0.25, -0.2) is 4.79 Å². The Morgan fingerprint density at radius 1 is 1.17 bits per heavy atom. The zero-order chi connectivity index (χ0) is 21.4. The van der Waals surface area contributed by atoms with Crippen LogP contribution < -0.4 is 5.32 Å². The maximum atomic E-state index is 11.9. The van der Waals surface area contributed by atoms with Crippen molar-refractivity contribution in [3.63, 3.8) is 0 Å². The molecule has 3 rings (SSSR count). The number of aliphatic imine (C=N–C) groups is 1. The molecule has 0 unspecified atom stereocenters. The molecule has 30 heavy (non-hydrogen) atoms. The number of hydrogen-bond donors (Lipinski definition) is 2. The summed E-state index contributed by atoms with van der Waals surface area (Å²) in [5.74, 6) is 0.0183. The molecule has 0 saturated heterocycles. The molecule has 5 nitrogen and oxygen atoms in total. The number of carboxylic acid groups (broad SMARTS) is 1. The number of unbranched alkanes of at least 4 members (excludes halogenated alkanes) is 1. The van der Waals surface area contributed by atoms with E-state index < -0.39 is 11.5 Å². The van der Waals surface area contributed by atoms with Gasteiger partial charge in [-0.05, 0) is 42.0 Å². The van der Waals surface area contributed by atoms with E-state index in [9.17, 15) is 15.2 Å². The highest BCUT2D eigenvalue weighted by atomic mass is 16.4.